The smallest absolute Gasteiger partial charge is 0.291 e. The number of benzene rings is 1. The van der Waals surface area contributed by atoms with Crippen LogP contribution in [0.1, 0.15) is 13.8 Å². The predicted octanol–water partition coefficient (Wildman–Crippen LogP) is 1.22. The summed E-state index contributed by atoms with van der Waals surface area (Å²) in [6, 6.07) is 3.49. The van der Waals surface area contributed by atoms with Gasteiger partial charge in [-0.25, -0.2) is 8.42 Å². The number of sulfonamides is 1. The van der Waals surface area contributed by atoms with Crippen molar-refractivity contribution in [2.45, 2.75) is 24.8 Å². The standard InChI is InChI=1S/C12H19N3O5S/c1-9(2)20-7-6-14(3)21(18,19)12-5-4-10(13)8-11(12)15(16)17/h4-5,8-9H,6-7,13H2,1-3H3. The first-order valence-electron chi connectivity index (χ1n) is 6.28. The summed E-state index contributed by atoms with van der Waals surface area (Å²) in [6.45, 7) is 3.97. The molecule has 0 aliphatic rings. The lowest BCUT2D eigenvalue weighted by Gasteiger charge is -2.18. The maximum absolute atomic E-state index is 12.4. The third-order valence-electron chi connectivity index (χ3n) is 2.73. The first-order chi connectivity index (χ1) is 9.66. The maximum atomic E-state index is 12.4. The monoisotopic (exact) mass is 317 g/mol. The fraction of sp³-hybridized carbons (Fsp3) is 0.500. The number of likely N-dealkylation sites (N-methyl/N-ethyl adjacent to an activating group) is 1. The Morgan fingerprint density at radius 3 is 2.57 bits per heavy atom. The summed E-state index contributed by atoms with van der Waals surface area (Å²) in [7, 11) is -2.63. The summed E-state index contributed by atoms with van der Waals surface area (Å²) in [6.07, 6.45) is -0.0213. The Morgan fingerprint density at radius 1 is 1.43 bits per heavy atom. The second kappa shape index (κ2) is 6.83. The number of anilines is 1. The second-order valence-corrected chi connectivity index (χ2v) is 6.74. The number of nitrogen functional groups attached to an aromatic ring is 1. The van der Waals surface area contributed by atoms with Gasteiger partial charge in [0.1, 0.15) is 0 Å². The van der Waals surface area contributed by atoms with Crippen LogP contribution >= 0.6 is 0 Å². The first-order valence-corrected chi connectivity index (χ1v) is 7.72. The zero-order chi connectivity index (χ0) is 16.2. The van der Waals surface area contributed by atoms with Crippen LogP contribution in [0.15, 0.2) is 23.1 Å². The van der Waals surface area contributed by atoms with E-state index in [1.165, 1.54) is 13.1 Å². The van der Waals surface area contributed by atoms with Gasteiger partial charge in [0.05, 0.1) is 17.6 Å². The van der Waals surface area contributed by atoms with Gasteiger partial charge in [-0.05, 0) is 26.0 Å². The maximum Gasteiger partial charge on any atom is 0.291 e. The van der Waals surface area contributed by atoms with Gasteiger partial charge in [0.15, 0.2) is 4.90 Å². The molecule has 0 heterocycles. The van der Waals surface area contributed by atoms with Gasteiger partial charge in [-0.1, -0.05) is 0 Å². The van der Waals surface area contributed by atoms with Crippen LogP contribution in [-0.2, 0) is 14.8 Å². The number of ether oxygens (including phenoxy) is 1. The van der Waals surface area contributed by atoms with E-state index < -0.39 is 20.6 Å². The normalized spacial score (nSPS) is 12.0. The molecule has 0 saturated heterocycles. The molecule has 0 saturated carbocycles. The van der Waals surface area contributed by atoms with Gasteiger partial charge in [-0.3, -0.25) is 10.1 Å². The van der Waals surface area contributed by atoms with E-state index >= 15 is 0 Å². The Bertz CT molecular complexity index is 615. The largest absolute Gasteiger partial charge is 0.399 e. The summed E-state index contributed by atoms with van der Waals surface area (Å²) in [5, 5.41) is 11.0. The molecule has 0 unspecified atom stereocenters. The van der Waals surface area contributed by atoms with Gasteiger partial charge >= 0.3 is 0 Å². The van der Waals surface area contributed by atoms with E-state index in [0.29, 0.717) is 0 Å². The van der Waals surface area contributed by atoms with Gasteiger partial charge < -0.3 is 10.5 Å². The molecule has 0 aromatic heterocycles. The van der Waals surface area contributed by atoms with Crippen molar-refractivity contribution in [1.82, 2.24) is 4.31 Å². The molecule has 0 spiro atoms. The molecule has 0 aliphatic heterocycles. The van der Waals surface area contributed by atoms with Crippen LogP contribution in [0, 0.1) is 10.1 Å². The summed E-state index contributed by atoms with van der Waals surface area (Å²) in [5.41, 5.74) is 5.06. The number of hydrogen-bond donors (Lipinski definition) is 1. The van der Waals surface area contributed by atoms with E-state index in [1.54, 1.807) is 0 Å². The molecule has 118 valence electrons. The lowest BCUT2D eigenvalue weighted by atomic mass is 10.3. The zero-order valence-electron chi connectivity index (χ0n) is 12.1. The average molecular weight is 317 g/mol. The highest BCUT2D eigenvalue weighted by atomic mass is 32.2. The number of nitro benzene ring substituents is 1. The molecule has 21 heavy (non-hydrogen) atoms. The molecule has 0 amide bonds. The highest BCUT2D eigenvalue weighted by Gasteiger charge is 2.29. The van der Waals surface area contributed by atoms with Crippen LogP contribution in [-0.4, -0.2) is 43.9 Å². The van der Waals surface area contributed by atoms with Crippen molar-refractivity contribution in [3.05, 3.63) is 28.3 Å². The second-order valence-electron chi connectivity index (χ2n) is 4.73. The molecule has 0 aliphatic carbocycles. The minimum atomic E-state index is -3.97. The van der Waals surface area contributed by atoms with E-state index in [2.05, 4.69) is 0 Å². The number of nitrogens with zero attached hydrogens (tertiary/aromatic N) is 2. The zero-order valence-corrected chi connectivity index (χ0v) is 13.0. The van der Waals surface area contributed by atoms with Crippen molar-refractivity contribution >= 4 is 21.4 Å². The Kier molecular flexibility index (Phi) is 5.64. The molecule has 1 rings (SSSR count). The van der Waals surface area contributed by atoms with Crippen molar-refractivity contribution in [2.75, 3.05) is 25.9 Å². The topological polar surface area (TPSA) is 116 Å². The molecule has 0 radical (unpaired) electrons. The van der Waals surface area contributed by atoms with E-state index in [9.17, 15) is 18.5 Å². The van der Waals surface area contributed by atoms with Crippen LogP contribution in [0.4, 0.5) is 11.4 Å². The highest BCUT2D eigenvalue weighted by molar-refractivity contribution is 7.89. The molecular formula is C12H19N3O5S. The van der Waals surface area contributed by atoms with Gasteiger partial charge in [-0.15, -0.1) is 0 Å². The first kappa shape index (κ1) is 17.3. The summed E-state index contributed by atoms with van der Waals surface area (Å²) < 4.78 is 31.0. The van der Waals surface area contributed by atoms with E-state index in [4.69, 9.17) is 10.5 Å². The lowest BCUT2D eigenvalue weighted by Crippen LogP contribution is -2.31. The summed E-state index contributed by atoms with van der Waals surface area (Å²) in [5.74, 6) is 0. The quantitative estimate of drug-likeness (QED) is 0.459. The Hall–Kier alpha value is -1.71. The summed E-state index contributed by atoms with van der Waals surface area (Å²) in [4.78, 5) is 9.85. The molecule has 0 bridgehead atoms. The number of nitro groups is 1. The molecule has 1 aromatic rings. The van der Waals surface area contributed by atoms with Crippen LogP contribution in [0.25, 0.3) is 0 Å². The van der Waals surface area contributed by atoms with Crippen LogP contribution in [0.2, 0.25) is 0 Å². The molecule has 8 nitrogen and oxygen atoms in total. The predicted molar refractivity (Wildman–Crippen MR) is 78.4 cm³/mol. The average Bonchev–Trinajstić information content (AvgIpc) is 2.37. The van der Waals surface area contributed by atoms with Crippen LogP contribution < -0.4 is 5.73 Å². The van der Waals surface area contributed by atoms with Crippen molar-refractivity contribution in [3.8, 4) is 0 Å². The molecule has 2 N–H and O–H groups in total. The lowest BCUT2D eigenvalue weighted by molar-refractivity contribution is -0.387. The van der Waals surface area contributed by atoms with Gasteiger partial charge in [0.2, 0.25) is 10.0 Å². The number of nitrogens with two attached hydrogens (primary N) is 1. The number of hydrogen-bond acceptors (Lipinski definition) is 6. The van der Waals surface area contributed by atoms with E-state index in [0.717, 1.165) is 16.4 Å². The highest BCUT2D eigenvalue weighted by Crippen LogP contribution is 2.28. The number of rotatable bonds is 7. The van der Waals surface area contributed by atoms with Crippen LogP contribution in [0.3, 0.4) is 0 Å². The third-order valence-corrected chi connectivity index (χ3v) is 4.63. The molecular weight excluding hydrogens is 298 g/mol. The Labute approximate surface area is 123 Å². The van der Waals surface area contributed by atoms with Gasteiger partial charge in [0, 0.05) is 25.3 Å². The molecule has 0 atom stereocenters. The summed E-state index contributed by atoms with van der Waals surface area (Å²) >= 11 is 0. The Balaban J connectivity index is 3.05. The molecule has 9 heteroatoms. The SMILES string of the molecule is CC(C)OCCN(C)S(=O)(=O)c1ccc(N)cc1[N+](=O)[O-]. The van der Waals surface area contributed by atoms with Crippen LogP contribution in [0.5, 0.6) is 0 Å². The Morgan fingerprint density at radius 2 is 2.05 bits per heavy atom. The van der Waals surface area contributed by atoms with Gasteiger partial charge in [0.25, 0.3) is 5.69 Å². The third kappa shape index (κ3) is 4.38. The van der Waals surface area contributed by atoms with Crippen molar-refractivity contribution < 1.29 is 18.1 Å². The fourth-order valence-corrected chi connectivity index (χ4v) is 2.89. The minimum Gasteiger partial charge on any atom is -0.399 e. The van der Waals surface area contributed by atoms with Crippen molar-refractivity contribution in [3.63, 3.8) is 0 Å². The fourth-order valence-electron chi connectivity index (χ4n) is 1.60. The molecule has 0 fully saturated rings. The van der Waals surface area contributed by atoms with Crippen molar-refractivity contribution in [1.29, 1.82) is 0 Å². The van der Waals surface area contributed by atoms with E-state index in [-0.39, 0.29) is 29.8 Å². The molecule has 1 aromatic carbocycles. The minimum absolute atomic E-state index is 0.0213. The van der Waals surface area contributed by atoms with Gasteiger partial charge in [-0.2, -0.15) is 4.31 Å². The van der Waals surface area contributed by atoms with E-state index in [1.807, 2.05) is 13.8 Å². The van der Waals surface area contributed by atoms with Crippen molar-refractivity contribution in [2.24, 2.45) is 0 Å².